The van der Waals surface area contributed by atoms with Crippen LogP contribution >= 0.6 is 15.9 Å². The summed E-state index contributed by atoms with van der Waals surface area (Å²) in [5.41, 5.74) is 2.97. The summed E-state index contributed by atoms with van der Waals surface area (Å²) in [6, 6.07) is 18.2. The van der Waals surface area contributed by atoms with Crippen molar-refractivity contribution < 1.29 is 14.0 Å². The third-order valence-electron chi connectivity index (χ3n) is 4.48. The van der Waals surface area contributed by atoms with Crippen LogP contribution in [0.25, 0.3) is 0 Å². The van der Waals surface area contributed by atoms with Crippen molar-refractivity contribution in [3.63, 3.8) is 0 Å². The molecule has 0 aliphatic rings. The molecule has 0 unspecified atom stereocenters. The molecule has 1 heterocycles. The van der Waals surface area contributed by atoms with Crippen molar-refractivity contribution in [2.45, 2.75) is 6.54 Å². The van der Waals surface area contributed by atoms with Crippen molar-refractivity contribution in [1.29, 1.82) is 0 Å². The van der Waals surface area contributed by atoms with Crippen molar-refractivity contribution in [3.8, 4) is 0 Å². The van der Waals surface area contributed by atoms with E-state index in [0.29, 0.717) is 22.5 Å². The van der Waals surface area contributed by atoms with Gasteiger partial charge in [-0.25, -0.2) is 0 Å². The maximum absolute atomic E-state index is 12.8. The third kappa shape index (κ3) is 4.86. The Bertz CT molecular complexity index is 1030. The molecule has 0 spiro atoms. The Labute approximate surface area is 178 Å². The second-order valence-corrected chi connectivity index (χ2v) is 7.51. The molecule has 150 valence electrons. The van der Waals surface area contributed by atoms with Gasteiger partial charge in [-0.3, -0.25) is 9.59 Å². The van der Waals surface area contributed by atoms with Gasteiger partial charge >= 0.3 is 0 Å². The fourth-order valence-electron chi connectivity index (χ4n) is 2.88. The Morgan fingerprint density at radius 1 is 1.00 bits per heavy atom. The minimum absolute atomic E-state index is 0.190. The number of para-hydroxylation sites is 1. The zero-order chi connectivity index (χ0) is 21.0. The van der Waals surface area contributed by atoms with Gasteiger partial charge in [-0.05, 0) is 57.9 Å². The number of hydrogen-bond donors (Lipinski definition) is 1. The van der Waals surface area contributed by atoms with E-state index < -0.39 is 0 Å². The van der Waals surface area contributed by atoms with Crippen LogP contribution in [0.5, 0.6) is 0 Å². The largest absolute Gasteiger partial charge is 0.444 e. The number of amides is 2. The molecule has 0 radical (unpaired) electrons. The number of rotatable bonds is 6. The highest BCUT2D eigenvalue weighted by Gasteiger charge is 2.21. The fraction of sp³-hybridized carbons (Fsp3) is 0.182. The van der Waals surface area contributed by atoms with Gasteiger partial charge in [0.25, 0.3) is 11.8 Å². The number of carbonyl (C=O) groups is 2. The number of carbonyl (C=O) groups excluding carboxylic acids is 2. The first-order chi connectivity index (χ1) is 13.9. The van der Waals surface area contributed by atoms with E-state index in [4.69, 9.17) is 4.42 Å². The molecular weight excluding hydrogens is 434 g/mol. The lowest BCUT2D eigenvalue weighted by Crippen LogP contribution is -2.30. The first-order valence-electron chi connectivity index (χ1n) is 9.03. The van der Waals surface area contributed by atoms with Crippen LogP contribution in [-0.2, 0) is 6.54 Å². The quantitative estimate of drug-likeness (QED) is 0.600. The van der Waals surface area contributed by atoms with Crippen LogP contribution in [0.15, 0.2) is 69.8 Å². The Hall–Kier alpha value is -3.06. The summed E-state index contributed by atoms with van der Waals surface area (Å²) in [6.07, 6.45) is 0. The Morgan fingerprint density at radius 3 is 2.45 bits per heavy atom. The Morgan fingerprint density at radius 2 is 1.76 bits per heavy atom. The number of hydrogen-bond acceptors (Lipinski definition) is 4. The van der Waals surface area contributed by atoms with Gasteiger partial charge in [-0.15, -0.1) is 0 Å². The molecule has 0 aliphatic heterocycles. The molecule has 0 fully saturated rings. The highest BCUT2D eigenvalue weighted by molar-refractivity contribution is 9.10. The lowest BCUT2D eigenvalue weighted by Gasteiger charge is -2.19. The molecule has 2 aromatic carbocycles. The van der Waals surface area contributed by atoms with E-state index in [9.17, 15) is 9.59 Å². The van der Waals surface area contributed by atoms with Gasteiger partial charge in [0, 0.05) is 33.4 Å². The van der Waals surface area contributed by atoms with E-state index in [0.717, 1.165) is 11.3 Å². The molecule has 29 heavy (non-hydrogen) atoms. The van der Waals surface area contributed by atoms with Crippen molar-refractivity contribution in [2.24, 2.45) is 0 Å². The van der Waals surface area contributed by atoms with E-state index in [1.807, 2.05) is 43.3 Å². The summed E-state index contributed by atoms with van der Waals surface area (Å²) in [5, 5.41) is 2.93. The molecule has 0 aliphatic carbocycles. The average molecular weight is 456 g/mol. The molecule has 3 rings (SSSR count). The van der Waals surface area contributed by atoms with E-state index in [1.165, 1.54) is 4.90 Å². The number of nitrogens with one attached hydrogen (secondary N) is 1. The lowest BCUT2D eigenvalue weighted by molar-refractivity contribution is 0.0951. The zero-order valence-corrected chi connectivity index (χ0v) is 18.1. The van der Waals surface area contributed by atoms with Gasteiger partial charge in [0.05, 0.1) is 11.3 Å². The van der Waals surface area contributed by atoms with Crippen LogP contribution in [0.3, 0.4) is 0 Å². The maximum atomic E-state index is 12.8. The van der Waals surface area contributed by atoms with Gasteiger partial charge in [-0.1, -0.05) is 24.3 Å². The van der Waals surface area contributed by atoms with E-state index >= 15 is 0 Å². The number of nitrogens with zero attached hydrogens (tertiary/aromatic N) is 2. The summed E-state index contributed by atoms with van der Waals surface area (Å²) < 4.78 is 5.82. The Kier molecular flexibility index (Phi) is 6.39. The second-order valence-electron chi connectivity index (χ2n) is 6.73. The predicted octanol–water partition coefficient (Wildman–Crippen LogP) is 4.31. The molecule has 6 nitrogen and oxygen atoms in total. The van der Waals surface area contributed by atoms with Crippen LogP contribution in [0.2, 0.25) is 0 Å². The maximum Gasteiger partial charge on any atom is 0.293 e. The van der Waals surface area contributed by atoms with Gasteiger partial charge < -0.3 is 19.5 Å². The second kappa shape index (κ2) is 8.96. The molecule has 0 atom stereocenters. The minimum atomic E-state index is -0.338. The molecular formula is C22H22BrN3O3. The van der Waals surface area contributed by atoms with Gasteiger partial charge in [0.15, 0.2) is 10.4 Å². The topological polar surface area (TPSA) is 65.8 Å². The van der Waals surface area contributed by atoms with Gasteiger partial charge in [-0.2, -0.15) is 0 Å². The Balaban J connectivity index is 1.76. The number of furan rings is 1. The van der Waals surface area contributed by atoms with E-state index in [2.05, 4.69) is 21.2 Å². The fourth-order valence-corrected chi connectivity index (χ4v) is 3.19. The lowest BCUT2D eigenvalue weighted by atomic mass is 10.1. The van der Waals surface area contributed by atoms with Crippen molar-refractivity contribution in [1.82, 2.24) is 5.32 Å². The smallest absolute Gasteiger partial charge is 0.293 e. The normalized spacial score (nSPS) is 10.5. The molecule has 0 saturated carbocycles. The first kappa shape index (κ1) is 20.7. The third-order valence-corrected chi connectivity index (χ3v) is 4.90. The summed E-state index contributed by atoms with van der Waals surface area (Å²) in [4.78, 5) is 28.9. The van der Waals surface area contributed by atoms with E-state index in [1.54, 1.807) is 43.4 Å². The van der Waals surface area contributed by atoms with Crippen LogP contribution in [0.1, 0.15) is 26.5 Å². The zero-order valence-electron chi connectivity index (χ0n) is 16.5. The van der Waals surface area contributed by atoms with Crippen LogP contribution in [-0.4, -0.2) is 33.0 Å². The molecule has 1 aromatic heterocycles. The molecule has 0 saturated heterocycles. The van der Waals surface area contributed by atoms with Gasteiger partial charge in [0.2, 0.25) is 0 Å². The van der Waals surface area contributed by atoms with Crippen molar-refractivity contribution >= 4 is 39.1 Å². The van der Waals surface area contributed by atoms with Gasteiger partial charge in [0.1, 0.15) is 0 Å². The summed E-state index contributed by atoms with van der Waals surface area (Å²) in [6.45, 7) is 0.387. The summed E-state index contributed by atoms with van der Waals surface area (Å²) in [5.74, 6) is -0.402. The van der Waals surface area contributed by atoms with Crippen molar-refractivity contribution in [2.75, 3.05) is 30.9 Å². The summed E-state index contributed by atoms with van der Waals surface area (Å²) >= 11 is 3.20. The molecule has 1 N–H and O–H groups in total. The standard InChI is InChI=1S/C22H22BrN3O3/c1-25(2)16-8-6-7-15(13-16)14-24-21(27)17-9-4-5-10-18(17)26(3)22(28)19-11-12-20(23)29-19/h4-13H,14H2,1-3H3,(H,24,27). The van der Waals surface area contributed by atoms with Crippen LogP contribution < -0.4 is 15.1 Å². The van der Waals surface area contributed by atoms with Crippen LogP contribution in [0, 0.1) is 0 Å². The number of benzene rings is 2. The average Bonchev–Trinajstić information content (AvgIpc) is 3.17. The predicted molar refractivity (Wildman–Crippen MR) is 118 cm³/mol. The SMILES string of the molecule is CN(C)c1cccc(CNC(=O)c2ccccc2N(C)C(=O)c2ccc(Br)o2)c1. The highest BCUT2D eigenvalue weighted by Crippen LogP contribution is 2.23. The molecule has 0 bridgehead atoms. The number of anilines is 2. The number of halogens is 1. The summed E-state index contributed by atoms with van der Waals surface area (Å²) in [7, 11) is 5.56. The highest BCUT2D eigenvalue weighted by atomic mass is 79.9. The van der Waals surface area contributed by atoms with E-state index in [-0.39, 0.29) is 17.6 Å². The van der Waals surface area contributed by atoms with Crippen LogP contribution in [0.4, 0.5) is 11.4 Å². The minimum Gasteiger partial charge on any atom is -0.444 e. The molecule has 7 heteroatoms. The van der Waals surface area contributed by atoms with Crippen molar-refractivity contribution in [3.05, 3.63) is 82.2 Å². The monoisotopic (exact) mass is 455 g/mol. The molecule has 2 amide bonds. The molecule has 3 aromatic rings. The first-order valence-corrected chi connectivity index (χ1v) is 9.83.